The molecule has 1 aromatic heterocycles. The molecular formula is C19H23N3O2. The first-order valence-electron chi connectivity index (χ1n) is 8.65. The van der Waals surface area contributed by atoms with Crippen LogP contribution in [0.15, 0.2) is 53.1 Å². The van der Waals surface area contributed by atoms with Crippen molar-refractivity contribution in [2.45, 2.75) is 43.2 Å². The second-order valence-corrected chi connectivity index (χ2v) is 6.86. The maximum Gasteiger partial charge on any atom is 0.238 e. The maximum absolute atomic E-state index is 12.5. The molecule has 4 rings (SSSR count). The van der Waals surface area contributed by atoms with Gasteiger partial charge in [-0.3, -0.25) is 4.79 Å². The molecule has 1 saturated carbocycles. The zero-order valence-electron chi connectivity index (χ0n) is 13.6. The molecule has 2 heterocycles. The van der Waals surface area contributed by atoms with E-state index in [1.54, 1.807) is 6.26 Å². The summed E-state index contributed by atoms with van der Waals surface area (Å²) in [6.45, 7) is 0.708. The molecule has 5 nitrogen and oxygen atoms in total. The topological polar surface area (TPSA) is 66.3 Å². The number of carbonyl (C=O) groups excluding carboxylic acids is 1. The average Bonchev–Trinajstić information content (AvgIpc) is 3.26. The van der Waals surface area contributed by atoms with Gasteiger partial charge in [0.1, 0.15) is 11.8 Å². The van der Waals surface area contributed by atoms with E-state index >= 15 is 0 Å². The minimum absolute atomic E-state index is 0.0440. The molecule has 1 saturated heterocycles. The lowest BCUT2D eigenvalue weighted by molar-refractivity contribution is -0.123. The summed E-state index contributed by atoms with van der Waals surface area (Å²) in [7, 11) is 0. The predicted octanol–water partition coefficient (Wildman–Crippen LogP) is 2.43. The highest BCUT2D eigenvalue weighted by molar-refractivity contribution is 5.82. The second kappa shape index (κ2) is 6.42. The van der Waals surface area contributed by atoms with Crippen molar-refractivity contribution >= 4 is 5.91 Å². The summed E-state index contributed by atoms with van der Waals surface area (Å²) in [6, 6.07) is 14.2. The van der Waals surface area contributed by atoms with Gasteiger partial charge in [0.2, 0.25) is 5.91 Å². The van der Waals surface area contributed by atoms with E-state index in [2.05, 4.69) is 40.4 Å². The van der Waals surface area contributed by atoms with Gasteiger partial charge in [-0.15, -0.1) is 0 Å². The number of hydrogen-bond acceptors (Lipinski definition) is 4. The number of hydrazine groups is 1. The lowest BCUT2D eigenvalue weighted by Gasteiger charge is -2.42. The van der Waals surface area contributed by atoms with Gasteiger partial charge in [0.15, 0.2) is 0 Å². The molecule has 0 radical (unpaired) electrons. The summed E-state index contributed by atoms with van der Waals surface area (Å²) in [5.74, 6) is 0.913. The standard InChI is InChI=1S/C19H23N3O2/c23-18(16-12-15(21-22-16)17-8-4-11-24-17)20-13-19(9-5-10-19)14-6-2-1-3-7-14/h1-4,6-8,11,15-16,21-22H,5,9-10,12-13H2,(H,20,23). The van der Waals surface area contributed by atoms with Gasteiger partial charge in [-0.2, -0.15) is 0 Å². The molecule has 1 aromatic carbocycles. The molecule has 2 atom stereocenters. The van der Waals surface area contributed by atoms with Crippen LogP contribution in [0, 0.1) is 0 Å². The molecule has 2 aromatic rings. The van der Waals surface area contributed by atoms with Crippen molar-refractivity contribution in [3.63, 3.8) is 0 Å². The van der Waals surface area contributed by atoms with E-state index in [0.29, 0.717) is 13.0 Å². The van der Waals surface area contributed by atoms with E-state index in [-0.39, 0.29) is 23.4 Å². The van der Waals surface area contributed by atoms with Crippen molar-refractivity contribution < 1.29 is 9.21 Å². The van der Waals surface area contributed by atoms with Crippen LogP contribution in [-0.4, -0.2) is 18.5 Å². The molecule has 126 valence electrons. The third-order valence-electron chi connectivity index (χ3n) is 5.40. The Morgan fingerprint density at radius 1 is 1.17 bits per heavy atom. The SMILES string of the molecule is O=C(NCC1(c2ccccc2)CCC1)C1CC(c2ccco2)NN1. The van der Waals surface area contributed by atoms with E-state index in [1.807, 2.05) is 18.2 Å². The van der Waals surface area contributed by atoms with Crippen LogP contribution in [0.2, 0.25) is 0 Å². The van der Waals surface area contributed by atoms with Crippen LogP contribution in [0.3, 0.4) is 0 Å². The smallest absolute Gasteiger partial charge is 0.238 e. The highest BCUT2D eigenvalue weighted by atomic mass is 16.3. The first kappa shape index (κ1) is 15.4. The van der Waals surface area contributed by atoms with Gasteiger partial charge in [0.05, 0.1) is 12.3 Å². The summed E-state index contributed by atoms with van der Waals surface area (Å²) in [5, 5.41) is 3.16. The maximum atomic E-state index is 12.5. The van der Waals surface area contributed by atoms with Crippen LogP contribution < -0.4 is 16.2 Å². The Labute approximate surface area is 141 Å². The Hall–Kier alpha value is -2.11. The van der Waals surface area contributed by atoms with Crippen molar-refractivity contribution in [2.75, 3.05) is 6.54 Å². The van der Waals surface area contributed by atoms with E-state index in [0.717, 1.165) is 18.6 Å². The number of nitrogens with one attached hydrogen (secondary N) is 3. The van der Waals surface area contributed by atoms with Crippen molar-refractivity contribution in [3.05, 3.63) is 60.1 Å². The molecule has 0 bridgehead atoms. The van der Waals surface area contributed by atoms with Crippen LogP contribution in [0.1, 0.15) is 43.0 Å². The molecule has 2 aliphatic rings. The quantitative estimate of drug-likeness (QED) is 0.790. The predicted molar refractivity (Wildman–Crippen MR) is 91.1 cm³/mol. The molecule has 24 heavy (non-hydrogen) atoms. The van der Waals surface area contributed by atoms with Gasteiger partial charge in [-0.05, 0) is 37.0 Å². The first-order valence-corrected chi connectivity index (χ1v) is 8.65. The highest BCUT2D eigenvalue weighted by Gasteiger charge is 2.40. The van der Waals surface area contributed by atoms with Crippen molar-refractivity contribution in [2.24, 2.45) is 0 Å². The first-order chi connectivity index (χ1) is 11.8. The second-order valence-electron chi connectivity index (χ2n) is 6.86. The number of furan rings is 1. The van der Waals surface area contributed by atoms with E-state index in [9.17, 15) is 4.79 Å². The Morgan fingerprint density at radius 3 is 2.67 bits per heavy atom. The fraction of sp³-hybridized carbons (Fsp3) is 0.421. The number of rotatable bonds is 5. The minimum atomic E-state index is -0.229. The molecule has 1 aliphatic carbocycles. The van der Waals surface area contributed by atoms with Crippen molar-refractivity contribution in [3.8, 4) is 0 Å². The Balaban J connectivity index is 1.35. The number of amides is 1. The van der Waals surface area contributed by atoms with E-state index < -0.39 is 0 Å². The zero-order chi connectivity index (χ0) is 16.4. The van der Waals surface area contributed by atoms with Crippen molar-refractivity contribution in [1.82, 2.24) is 16.2 Å². The lowest BCUT2D eigenvalue weighted by atomic mass is 9.64. The third kappa shape index (κ3) is 2.85. The van der Waals surface area contributed by atoms with E-state index in [4.69, 9.17) is 4.42 Å². The molecular weight excluding hydrogens is 302 g/mol. The summed E-state index contributed by atoms with van der Waals surface area (Å²) in [5.41, 5.74) is 7.68. The third-order valence-corrected chi connectivity index (χ3v) is 5.40. The zero-order valence-corrected chi connectivity index (χ0v) is 13.6. The van der Waals surface area contributed by atoms with Gasteiger partial charge < -0.3 is 9.73 Å². The van der Waals surface area contributed by atoms with Gasteiger partial charge in [0.25, 0.3) is 0 Å². The summed E-state index contributed by atoms with van der Waals surface area (Å²) >= 11 is 0. The summed E-state index contributed by atoms with van der Waals surface area (Å²) in [4.78, 5) is 12.5. The summed E-state index contributed by atoms with van der Waals surface area (Å²) in [6.07, 6.45) is 5.86. The molecule has 2 fully saturated rings. The Bertz CT molecular complexity index is 680. The molecule has 3 N–H and O–H groups in total. The van der Waals surface area contributed by atoms with Gasteiger partial charge in [-0.25, -0.2) is 10.9 Å². The van der Waals surface area contributed by atoms with E-state index in [1.165, 1.54) is 12.0 Å². The van der Waals surface area contributed by atoms with Crippen LogP contribution >= 0.6 is 0 Å². The molecule has 0 spiro atoms. The molecule has 2 unspecified atom stereocenters. The normalized spacial score (nSPS) is 25.2. The van der Waals surface area contributed by atoms with Gasteiger partial charge in [-0.1, -0.05) is 36.8 Å². The Kier molecular flexibility index (Phi) is 4.12. The molecule has 1 aliphatic heterocycles. The van der Waals surface area contributed by atoms with Crippen LogP contribution in [0.25, 0.3) is 0 Å². The fourth-order valence-corrected chi connectivity index (χ4v) is 3.75. The largest absolute Gasteiger partial charge is 0.468 e. The van der Waals surface area contributed by atoms with Crippen LogP contribution in [0.4, 0.5) is 0 Å². The highest BCUT2D eigenvalue weighted by Crippen LogP contribution is 2.43. The van der Waals surface area contributed by atoms with Gasteiger partial charge in [0, 0.05) is 12.0 Å². The number of hydrogen-bond donors (Lipinski definition) is 3. The van der Waals surface area contributed by atoms with Crippen LogP contribution in [-0.2, 0) is 10.2 Å². The van der Waals surface area contributed by atoms with Crippen molar-refractivity contribution in [1.29, 1.82) is 0 Å². The molecule has 5 heteroatoms. The Morgan fingerprint density at radius 2 is 2.00 bits per heavy atom. The monoisotopic (exact) mass is 325 g/mol. The molecule has 1 amide bonds. The van der Waals surface area contributed by atoms with Crippen LogP contribution in [0.5, 0.6) is 0 Å². The lowest BCUT2D eigenvalue weighted by Crippen LogP contribution is -2.50. The number of carbonyl (C=O) groups is 1. The average molecular weight is 325 g/mol. The van der Waals surface area contributed by atoms with Gasteiger partial charge >= 0.3 is 0 Å². The fourth-order valence-electron chi connectivity index (χ4n) is 3.75. The number of benzene rings is 1. The minimum Gasteiger partial charge on any atom is -0.468 e. The summed E-state index contributed by atoms with van der Waals surface area (Å²) < 4.78 is 5.41.